The molecule has 2 aliphatic rings. The number of esters is 1. The van der Waals surface area contributed by atoms with Crippen LogP contribution in [0.25, 0.3) is 0 Å². The molecule has 2 unspecified atom stereocenters. The normalized spacial score (nSPS) is 31.0. The average molecular weight is 298 g/mol. The number of nitrogens with zero attached hydrogens (tertiary/aromatic N) is 2. The molecule has 2 fully saturated rings. The van der Waals surface area contributed by atoms with Gasteiger partial charge in [-0.1, -0.05) is 0 Å². The van der Waals surface area contributed by atoms with E-state index in [0.29, 0.717) is 26.2 Å². The number of morpholine rings is 1. The number of amides is 1. The number of methoxy groups -OCH3 is 1. The van der Waals surface area contributed by atoms with Gasteiger partial charge in [0.05, 0.1) is 31.8 Å². The third-order valence-electron chi connectivity index (χ3n) is 4.17. The number of hydrogen-bond donors (Lipinski definition) is 0. The van der Waals surface area contributed by atoms with E-state index in [1.165, 1.54) is 7.11 Å². The molecule has 0 aromatic carbocycles. The summed E-state index contributed by atoms with van der Waals surface area (Å²) in [5.74, 6) is -0.137. The molecule has 21 heavy (non-hydrogen) atoms. The third-order valence-corrected chi connectivity index (χ3v) is 4.17. The minimum absolute atomic E-state index is 0.0851. The molecule has 2 saturated heterocycles. The van der Waals surface area contributed by atoms with Crippen molar-refractivity contribution in [2.75, 3.05) is 39.8 Å². The SMILES string of the molecule is COC(=O)[C@H]1CCCN(CC(=O)N2CC(C)OC(C)C2)C1. The number of piperidine rings is 1. The van der Waals surface area contributed by atoms with Crippen LogP contribution in [-0.4, -0.2) is 73.7 Å². The van der Waals surface area contributed by atoms with Gasteiger partial charge in [-0.25, -0.2) is 0 Å². The lowest BCUT2D eigenvalue weighted by atomic mass is 9.98. The number of rotatable bonds is 3. The Morgan fingerprint density at radius 1 is 1.19 bits per heavy atom. The maximum atomic E-state index is 12.4. The number of carbonyl (C=O) groups excluding carboxylic acids is 2. The molecule has 1 amide bonds. The number of carbonyl (C=O) groups is 2. The zero-order chi connectivity index (χ0) is 15.4. The third kappa shape index (κ3) is 4.41. The van der Waals surface area contributed by atoms with E-state index in [9.17, 15) is 9.59 Å². The van der Waals surface area contributed by atoms with Gasteiger partial charge in [0.15, 0.2) is 0 Å². The molecular formula is C15H26N2O4. The molecule has 120 valence electrons. The van der Waals surface area contributed by atoms with Crippen LogP contribution in [0, 0.1) is 5.92 Å². The monoisotopic (exact) mass is 298 g/mol. The van der Waals surface area contributed by atoms with Gasteiger partial charge in [-0.2, -0.15) is 0 Å². The van der Waals surface area contributed by atoms with Crippen molar-refractivity contribution in [3.8, 4) is 0 Å². The largest absolute Gasteiger partial charge is 0.469 e. The van der Waals surface area contributed by atoms with Gasteiger partial charge < -0.3 is 14.4 Å². The Morgan fingerprint density at radius 2 is 1.86 bits per heavy atom. The van der Waals surface area contributed by atoms with Crippen molar-refractivity contribution >= 4 is 11.9 Å². The quantitative estimate of drug-likeness (QED) is 0.711. The molecule has 0 saturated carbocycles. The molecule has 2 aliphatic heterocycles. The Bertz CT molecular complexity index is 378. The predicted octanol–water partition coefficient (Wildman–Crippen LogP) is 0.507. The van der Waals surface area contributed by atoms with Crippen LogP contribution in [0.4, 0.5) is 0 Å². The first kappa shape index (κ1) is 16.2. The van der Waals surface area contributed by atoms with Crippen LogP contribution in [0.3, 0.4) is 0 Å². The van der Waals surface area contributed by atoms with E-state index in [-0.39, 0.29) is 30.0 Å². The highest BCUT2D eigenvalue weighted by Crippen LogP contribution is 2.18. The number of likely N-dealkylation sites (tertiary alicyclic amines) is 1. The topological polar surface area (TPSA) is 59.1 Å². The van der Waals surface area contributed by atoms with Crippen LogP contribution in [0.15, 0.2) is 0 Å². The minimum atomic E-state index is -0.166. The Labute approximate surface area is 126 Å². The van der Waals surface area contributed by atoms with E-state index in [0.717, 1.165) is 19.4 Å². The van der Waals surface area contributed by atoms with E-state index in [4.69, 9.17) is 9.47 Å². The van der Waals surface area contributed by atoms with Gasteiger partial charge in [0.25, 0.3) is 0 Å². The van der Waals surface area contributed by atoms with Crippen LogP contribution < -0.4 is 0 Å². The molecular weight excluding hydrogens is 272 g/mol. The summed E-state index contributed by atoms with van der Waals surface area (Å²) < 4.78 is 10.5. The average Bonchev–Trinajstić information content (AvgIpc) is 2.45. The molecule has 6 heteroatoms. The van der Waals surface area contributed by atoms with Crippen LogP contribution in [0.2, 0.25) is 0 Å². The highest BCUT2D eigenvalue weighted by molar-refractivity contribution is 5.78. The van der Waals surface area contributed by atoms with Crippen molar-refractivity contribution in [3.05, 3.63) is 0 Å². The molecule has 0 radical (unpaired) electrons. The molecule has 0 aromatic rings. The van der Waals surface area contributed by atoms with Crippen molar-refractivity contribution < 1.29 is 19.1 Å². The van der Waals surface area contributed by atoms with Crippen molar-refractivity contribution in [2.45, 2.75) is 38.9 Å². The summed E-state index contributed by atoms with van der Waals surface area (Å²) in [5.41, 5.74) is 0. The Morgan fingerprint density at radius 3 is 2.48 bits per heavy atom. The maximum absolute atomic E-state index is 12.4. The predicted molar refractivity (Wildman–Crippen MR) is 77.8 cm³/mol. The number of ether oxygens (including phenoxy) is 2. The van der Waals surface area contributed by atoms with E-state index >= 15 is 0 Å². The summed E-state index contributed by atoms with van der Waals surface area (Å²) in [7, 11) is 1.42. The zero-order valence-corrected chi connectivity index (χ0v) is 13.2. The summed E-state index contributed by atoms with van der Waals surface area (Å²) in [4.78, 5) is 28.0. The highest BCUT2D eigenvalue weighted by atomic mass is 16.5. The second kappa shape index (κ2) is 7.22. The van der Waals surface area contributed by atoms with Gasteiger partial charge in [-0.05, 0) is 33.2 Å². The number of hydrogen-bond acceptors (Lipinski definition) is 5. The smallest absolute Gasteiger partial charge is 0.309 e. The van der Waals surface area contributed by atoms with Crippen molar-refractivity contribution in [3.63, 3.8) is 0 Å². The van der Waals surface area contributed by atoms with Gasteiger partial charge in [0, 0.05) is 19.6 Å². The van der Waals surface area contributed by atoms with Crippen molar-refractivity contribution in [1.29, 1.82) is 0 Å². The van der Waals surface area contributed by atoms with Gasteiger partial charge in [-0.15, -0.1) is 0 Å². The van der Waals surface area contributed by atoms with Crippen molar-refractivity contribution in [1.82, 2.24) is 9.80 Å². The maximum Gasteiger partial charge on any atom is 0.309 e. The van der Waals surface area contributed by atoms with Crippen molar-refractivity contribution in [2.24, 2.45) is 5.92 Å². The molecule has 0 aromatic heterocycles. The molecule has 6 nitrogen and oxygen atoms in total. The van der Waals surface area contributed by atoms with Crippen LogP contribution >= 0.6 is 0 Å². The van der Waals surface area contributed by atoms with Gasteiger partial charge in [0.1, 0.15) is 0 Å². The Balaban J connectivity index is 1.85. The van der Waals surface area contributed by atoms with Crippen LogP contribution in [0.1, 0.15) is 26.7 Å². The first-order chi connectivity index (χ1) is 9.99. The summed E-state index contributed by atoms with van der Waals surface area (Å²) in [6.45, 7) is 7.15. The second-order valence-corrected chi connectivity index (χ2v) is 6.15. The molecule has 0 aliphatic carbocycles. The van der Waals surface area contributed by atoms with E-state index in [1.807, 2.05) is 18.7 Å². The zero-order valence-electron chi connectivity index (χ0n) is 13.2. The second-order valence-electron chi connectivity index (χ2n) is 6.15. The Kier molecular flexibility index (Phi) is 5.58. The summed E-state index contributed by atoms with van der Waals surface area (Å²) >= 11 is 0. The minimum Gasteiger partial charge on any atom is -0.469 e. The highest BCUT2D eigenvalue weighted by Gasteiger charge is 2.30. The standard InChI is InChI=1S/C15H26N2O4/c1-11-7-17(8-12(2)21-11)14(18)10-16-6-4-5-13(9-16)15(19)20-3/h11-13H,4-10H2,1-3H3/t11?,12?,13-/m0/s1. The van der Waals surface area contributed by atoms with Gasteiger partial charge in [-0.3, -0.25) is 14.5 Å². The fourth-order valence-corrected chi connectivity index (χ4v) is 3.23. The summed E-state index contributed by atoms with van der Waals surface area (Å²) in [6.07, 6.45) is 1.95. The lowest BCUT2D eigenvalue weighted by molar-refractivity contribution is -0.150. The fraction of sp³-hybridized carbons (Fsp3) is 0.867. The lowest BCUT2D eigenvalue weighted by Crippen LogP contribution is -2.52. The first-order valence-electron chi connectivity index (χ1n) is 7.73. The van der Waals surface area contributed by atoms with Crippen LogP contribution in [0.5, 0.6) is 0 Å². The van der Waals surface area contributed by atoms with Gasteiger partial charge in [0.2, 0.25) is 5.91 Å². The summed E-state index contributed by atoms with van der Waals surface area (Å²) in [5, 5.41) is 0. The van der Waals surface area contributed by atoms with Gasteiger partial charge >= 0.3 is 5.97 Å². The van der Waals surface area contributed by atoms with E-state index < -0.39 is 0 Å². The van der Waals surface area contributed by atoms with E-state index in [2.05, 4.69) is 4.90 Å². The first-order valence-corrected chi connectivity index (χ1v) is 7.73. The summed E-state index contributed by atoms with van der Waals surface area (Å²) in [6, 6.07) is 0. The van der Waals surface area contributed by atoms with Crippen LogP contribution in [-0.2, 0) is 19.1 Å². The van der Waals surface area contributed by atoms with E-state index in [1.54, 1.807) is 0 Å². The molecule has 2 heterocycles. The molecule has 0 N–H and O–H groups in total. The molecule has 0 bridgehead atoms. The Hall–Kier alpha value is -1.14. The molecule has 3 atom stereocenters. The molecule has 2 rings (SSSR count). The molecule has 0 spiro atoms. The fourth-order valence-electron chi connectivity index (χ4n) is 3.23. The lowest BCUT2D eigenvalue weighted by Gasteiger charge is -2.37.